The summed E-state index contributed by atoms with van der Waals surface area (Å²) in [4.78, 5) is 11.7. The van der Waals surface area contributed by atoms with Crippen LogP contribution in [0.15, 0.2) is 18.2 Å². The smallest absolute Gasteiger partial charge is 0.137 e. The molecule has 1 aromatic carbocycles. The minimum atomic E-state index is 0.235. The van der Waals surface area contributed by atoms with Gasteiger partial charge in [-0.15, -0.1) is 0 Å². The third-order valence-corrected chi connectivity index (χ3v) is 3.31. The van der Waals surface area contributed by atoms with Crippen LogP contribution in [0.4, 0.5) is 0 Å². The van der Waals surface area contributed by atoms with Crippen molar-refractivity contribution in [2.45, 2.75) is 39.2 Å². The Bertz CT molecular complexity index is 405. The maximum atomic E-state index is 11.7. The Hall–Kier alpha value is -0.570. The van der Waals surface area contributed by atoms with Gasteiger partial charge in [0.05, 0.1) is 10.0 Å². The second-order valence-electron chi connectivity index (χ2n) is 4.68. The van der Waals surface area contributed by atoms with Gasteiger partial charge in [0.2, 0.25) is 0 Å². The molecule has 1 N–H and O–H groups in total. The molecule has 100 valence electrons. The van der Waals surface area contributed by atoms with Crippen molar-refractivity contribution in [2.75, 3.05) is 6.54 Å². The van der Waals surface area contributed by atoms with Crippen molar-refractivity contribution in [3.8, 4) is 0 Å². The lowest BCUT2D eigenvalue weighted by Gasteiger charge is -2.07. The largest absolute Gasteiger partial charge is 0.315 e. The summed E-state index contributed by atoms with van der Waals surface area (Å²) in [5, 5.41) is 4.32. The van der Waals surface area contributed by atoms with Gasteiger partial charge in [0.1, 0.15) is 5.78 Å². The van der Waals surface area contributed by atoms with Crippen molar-refractivity contribution in [3.05, 3.63) is 33.8 Å². The molecule has 0 aliphatic rings. The summed E-state index contributed by atoms with van der Waals surface area (Å²) in [5.74, 6) is 0.235. The Morgan fingerprint density at radius 2 is 2.00 bits per heavy atom. The first-order valence-corrected chi connectivity index (χ1v) is 6.93. The zero-order valence-corrected chi connectivity index (χ0v) is 12.3. The van der Waals surface area contributed by atoms with Gasteiger partial charge in [0, 0.05) is 18.9 Å². The van der Waals surface area contributed by atoms with Crippen LogP contribution >= 0.6 is 23.2 Å². The van der Waals surface area contributed by atoms with Crippen molar-refractivity contribution in [3.63, 3.8) is 0 Å². The minimum absolute atomic E-state index is 0.235. The van der Waals surface area contributed by atoms with Crippen molar-refractivity contribution in [1.29, 1.82) is 0 Å². The van der Waals surface area contributed by atoms with Crippen molar-refractivity contribution < 1.29 is 4.79 Å². The van der Waals surface area contributed by atoms with Crippen LogP contribution in [0, 0.1) is 0 Å². The first-order chi connectivity index (χ1) is 8.49. The summed E-state index contributed by atoms with van der Waals surface area (Å²) in [5.41, 5.74) is 0.922. The van der Waals surface area contributed by atoms with Crippen LogP contribution in [-0.2, 0) is 11.2 Å². The summed E-state index contributed by atoms with van der Waals surface area (Å²) in [7, 11) is 0. The van der Waals surface area contributed by atoms with E-state index in [2.05, 4.69) is 19.2 Å². The third-order valence-electron chi connectivity index (χ3n) is 2.57. The minimum Gasteiger partial charge on any atom is -0.315 e. The topological polar surface area (TPSA) is 29.1 Å². The molecule has 0 atom stereocenters. The van der Waals surface area contributed by atoms with Gasteiger partial charge in [-0.2, -0.15) is 0 Å². The Morgan fingerprint density at radius 3 is 2.61 bits per heavy atom. The number of rotatable bonds is 7. The molecule has 0 aliphatic carbocycles. The van der Waals surface area contributed by atoms with Gasteiger partial charge in [-0.3, -0.25) is 4.79 Å². The predicted molar refractivity (Wildman–Crippen MR) is 77.5 cm³/mol. The van der Waals surface area contributed by atoms with E-state index in [1.165, 1.54) is 0 Å². The summed E-state index contributed by atoms with van der Waals surface area (Å²) in [6.45, 7) is 5.07. The first-order valence-electron chi connectivity index (χ1n) is 6.18. The molecule has 0 unspecified atom stereocenters. The monoisotopic (exact) mass is 287 g/mol. The van der Waals surface area contributed by atoms with Gasteiger partial charge in [0.25, 0.3) is 0 Å². The number of carbonyl (C=O) groups is 1. The Labute approximate surface area is 119 Å². The van der Waals surface area contributed by atoms with Gasteiger partial charge in [-0.1, -0.05) is 43.1 Å². The molecule has 4 heteroatoms. The number of carbonyl (C=O) groups excluding carboxylic acids is 1. The predicted octanol–water partition coefficient (Wildman–Crippen LogP) is 3.88. The van der Waals surface area contributed by atoms with Crippen LogP contribution in [0.2, 0.25) is 10.0 Å². The fraction of sp³-hybridized carbons (Fsp3) is 0.500. The molecule has 0 bridgehead atoms. The summed E-state index contributed by atoms with van der Waals surface area (Å²) >= 11 is 11.7. The van der Waals surface area contributed by atoms with E-state index in [1.807, 2.05) is 6.07 Å². The van der Waals surface area contributed by atoms with Crippen molar-refractivity contribution in [2.24, 2.45) is 0 Å². The second-order valence-corrected chi connectivity index (χ2v) is 5.49. The third kappa shape index (κ3) is 5.85. The normalized spacial score (nSPS) is 10.9. The molecule has 0 radical (unpaired) electrons. The van der Waals surface area contributed by atoms with Crippen LogP contribution < -0.4 is 5.32 Å². The van der Waals surface area contributed by atoms with Gasteiger partial charge >= 0.3 is 0 Å². The highest BCUT2D eigenvalue weighted by atomic mass is 35.5. The lowest BCUT2D eigenvalue weighted by molar-refractivity contribution is -0.118. The maximum Gasteiger partial charge on any atom is 0.137 e. The number of hydrogen-bond donors (Lipinski definition) is 1. The molecule has 0 saturated heterocycles. The van der Waals surface area contributed by atoms with E-state index in [0.29, 0.717) is 28.9 Å². The summed E-state index contributed by atoms with van der Waals surface area (Å²) in [6, 6.07) is 5.80. The van der Waals surface area contributed by atoms with E-state index in [-0.39, 0.29) is 5.78 Å². The molecule has 0 saturated carbocycles. The molecule has 1 rings (SSSR count). The van der Waals surface area contributed by atoms with Crippen LogP contribution in [0.5, 0.6) is 0 Å². The second kappa shape index (κ2) is 7.78. The maximum absolute atomic E-state index is 11.7. The molecule has 0 amide bonds. The number of ketones is 1. The van der Waals surface area contributed by atoms with E-state index >= 15 is 0 Å². The van der Waals surface area contributed by atoms with Crippen LogP contribution in [0.3, 0.4) is 0 Å². The number of halogens is 2. The zero-order valence-electron chi connectivity index (χ0n) is 10.8. The Kier molecular flexibility index (Phi) is 6.69. The fourth-order valence-electron chi connectivity index (χ4n) is 1.64. The highest BCUT2D eigenvalue weighted by molar-refractivity contribution is 6.42. The van der Waals surface area contributed by atoms with Crippen LogP contribution in [0.1, 0.15) is 32.3 Å². The van der Waals surface area contributed by atoms with Crippen LogP contribution in [-0.4, -0.2) is 18.4 Å². The summed E-state index contributed by atoms with van der Waals surface area (Å²) < 4.78 is 0. The van der Waals surface area contributed by atoms with E-state index in [1.54, 1.807) is 12.1 Å². The van der Waals surface area contributed by atoms with Gasteiger partial charge in [0.15, 0.2) is 0 Å². The molecule has 0 fully saturated rings. The zero-order chi connectivity index (χ0) is 13.5. The van der Waals surface area contributed by atoms with Crippen molar-refractivity contribution in [1.82, 2.24) is 5.32 Å². The van der Waals surface area contributed by atoms with Crippen LogP contribution in [0.25, 0.3) is 0 Å². The lowest BCUT2D eigenvalue weighted by atomic mass is 10.1. The molecule has 18 heavy (non-hydrogen) atoms. The average molecular weight is 288 g/mol. The van der Waals surface area contributed by atoms with Gasteiger partial charge in [-0.25, -0.2) is 0 Å². The molecular weight excluding hydrogens is 269 g/mol. The molecule has 0 aromatic heterocycles. The quantitative estimate of drug-likeness (QED) is 0.771. The van der Waals surface area contributed by atoms with Crippen molar-refractivity contribution >= 4 is 29.0 Å². The van der Waals surface area contributed by atoms with E-state index in [0.717, 1.165) is 18.5 Å². The SMILES string of the molecule is CC(C)NCCCC(=O)Cc1ccc(Cl)c(Cl)c1. The highest BCUT2D eigenvalue weighted by Gasteiger charge is 2.06. The standard InChI is InChI=1S/C14H19Cl2NO/c1-10(2)17-7-3-4-12(18)8-11-5-6-13(15)14(16)9-11/h5-6,9-10,17H,3-4,7-8H2,1-2H3. The number of nitrogens with one attached hydrogen (secondary N) is 1. The van der Waals surface area contributed by atoms with E-state index in [4.69, 9.17) is 23.2 Å². The molecule has 2 nitrogen and oxygen atoms in total. The van der Waals surface area contributed by atoms with E-state index in [9.17, 15) is 4.79 Å². The van der Waals surface area contributed by atoms with E-state index < -0.39 is 0 Å². The summed E-state index contributed by atoms with van der Waals surface area (Å²) in [6.07, 6.45) is 1.90. The lowest BCUT2D eigenvalue weighted by Crippen LogP contribution is -2.24. The van der Waals surface area contributed by atoms with Gasteiger partial charge < -0.3 is 5.32 Å². The fourth-order valence-corrected chi connectivity index (χ4v) is 1.96. The number of Topliss-reactive ketones (excluding diaryl/α,β-unsaturated/α-hetero) is 1. The highest BCUT2D eigenvalue weighted by Crippen LogP contribution is 2.23. The Morgan fingerprint density at radius 1 is 1.28 bits per heavy atom. The first kappa shape index (κ1) is 15.5. The molecular formula is C14H19Cl2NO. The molecule has 1 aromatic rings. The number of hydrogen-bond acceptors (Lipinski definition) is 2. The molecule has 0 spiro atoms. The molecule has 0 heterocycles. The Balaban J connectivity index is 2.33. The van der Waals surface area contributed by atoms with Gasteiger partial charge in [-0.05, 0) is 30.7 Å². The average Bonchev–Trinajstić information content (AvgIpc) is 2.29. The molecule has 0 aliphatic heterocycles. The number of benzene rings is 1.